The van der Waals surface area contributed by atoms with Crippen LogP contribution in [-0.4, -0.2) is 287 Å². The Bertz CT molecular complexity index is 4180. The molecule has 0 bridgehead atoms. The first-order valence-corrected chi connectivity index (χ1v) is 48.1. The summed E-state index contributed by atoms with van der Waals surface area (Å²) in [4.78, 5) is 107. The number of nitrogens with one attached hydrogen (secondary N) is 5. The van der Waals surface area contributed by atoms with Crippen molar-refractivity contribution in [3.8, 4) is 12.1 Å². The molecule has 4 aromatic rings. The van der Waals surface area contributed by atoms with Crippen LogP contribution in [0.25, 0.3) is 0 Å². The summed E-state index contributed by atoms with van der Waals surface area (Å²) in [6, 6.07) is 32.5. The second kappa shape index (κ2) is 62.3. The molecule has 2 aliphatic heterocycles. The highest BCUT2D eigenvalue weighted by Gasteiger charge is 2.50. The third-order valence-electron chi connectivity index (χ3n) is 18.5. The number of nitriles is 2. The highest BCUT2D eigenvalue weighted by atomic mass is 33.1. The van der Waals surface area contributed by atoms with Crippen LogP contribution in [0.4, 0.5) is 0 Å². The first-order valence-electron chi connectivity index (χ1n) is 41.0. The number of amides is 5. The van der Waals surface area contributed by atoms with Crippen LogP contribution in [-0.2, 0) is 76.3 Å². The summed E-state index contributed by atoms with van der Waals surface area (Å²) in [5.74, 6) is -1.68. The highest BCUT2D eigenvalue weighted by Crippen LogP contribution is 2.47. The number of esters is 2. The zero-order chi connectivity index (χ0) is 95.4. The Kier molecular flexibility index (Phi) is 56.0. The van der Waals surface area contributed by atoms with Crippen LogP contribution in [0, 0.1) is 33.5 Å². The predicted molar refractivity (Wildman–Crippen MR) is 501 cm³/mol. The van der Waals surface area contributed by atoms with Gasteiger partial charge in [0.2, 0.25) is 29.5 Å². The average Bonchev–Trinajstić information content (AvgIpc) is 0.777. The number of benzene rings is 2. The molecule has 5 amide bonds. The summed E-state index contributed by atoms with van der Waals surface area (Å²) >= 11 is 13.7. The Hall–Kier alpha value is -7.12. The summed E-state index contributed by atoms with van der Waals surface area (Å²) < 4.78 is 42.8. The number of nitrogens with zero attached hydrogens (tertiary/aromatic N) is 4. The van der Waals surface area contributed by atoms with Gasteiger partial charge in [0.05, 0.1) is 89.1 Å². The maximum absolute atomic E-state index is 14.4. The first kappa shape index (κ1) is 115. The molecule has 0 radical (unpaired) electrons. The first-order chi connectivity index (χ1) is 60.7. The van der Waals surface area contributed by atoms with Crippen LogP contribution in [0.2, 0.25) is 0 Å². The van der Waals surface area contributed by atoms with Crippen molar-refractivity contribution in [1.82, 2.24) is 36.6 Å². The van der Waals surface area contributed by atoms with Gasteiger partial charge >= 0.3 is 11.9 Å². The molecule has 16 unspecified atom stereocenters. The van der Waals surface area contributed by atoms with Crippen molar-refractivity contribution in [3.63, 3.8) is 0 Å². The van der Waals surface area contributed by atoms with Crippen LogP contribution in [0.5, 0.6) is 0 Å². The SMILES string of the molecule is C=C(C)C(=O)CCCOCCOC1OC(CO)C(O)C(O)C1NC(C)=O.C=C(C)C(=O)NCC(C)O.CC(=O)NC1C(OCCOCCNC(=O)C(C)(CC(C)(C#N)CCC(=O)OCCSSc2ccccn2)CC(C)(SC(=S)c2ccccc2)C(=O)NCC(C)O)OC(CO)C(O)C1O.CC(C#N)(CCC(=O)OCCSSc1ccccn1)SC(=S)c1ccccc1. The Labute approximate surface area is 784 Å². The van der Waals surface area contributed by atoms with Crippen LogP contribution in [0.1, 0.15) is 132 Å². The van der Waals surface area contributed by atoms with Crippen molar-refractivity contribution >= 4 is 147 Å². The fraction of sp³-hybridized carbons (Fsp3) is 0.563. The number of pyridine rings is 2. The lowest BCUT2D eigenvalue weighted by molar-refractivity contribution is -0.272. The highest BCUT2D eigenvalue weighted by molar-refractivity contribution is 8.77. The predicted octanol–water partition coefficient (Wildman–Crippen LogP) is 7.40. The number of ketones is 1. The van der Waals surface area contributed by atoms with E-state index in [1.54, 1.807) is 82.4 Å². The molecule has 4 heterocycles. The summed E-state index contributed by atoms with van der Waals surface area (Å²) in [5.41, 5.74) is -0.0700. The fourth-order valence-corrected chi connectivity index (χ4v) is 18.8. The number of thioether (sulfide) groups is 2. The number of allylic oxidation sites excluding steroid dienone is 1. The molecular weight excluding hydrogens is 1810 g/mol. The standard InChI is InChI=1S/C43H61N5O12S4.C20H20N2O2S4.C17H29NO8.C7H13NO2/c1-28(50)23-47-40(56)43(5,63-38(61)30-11-7-6-8-12-30)26-42(4,25-41(3,27-44)15-14-33(52)58-21-22-62-64-32-13-9-10-16-45-32)39(55)46-17-18-57-19-20-59-37-34(48-29(2)51)36(54)35(53)31(24-49)60-37;1-20(15-21,27-19(25)16-7-3-2-4-8-16)11-10-18(23)24-13-14-26-28-17-9-5-6-12-22-17;1-10(2)12(21)5-4-6-24-7-8-25-17-14(18-11(3)20)16(23)15(22)13(9-19)26-17;1-5(2)7(10)8-4-6(3)9/h6-13,16,28,31,34-37,49-50,53-54H,14-15,17-26H2,1-5H3,(H,46,55)(H,47,56)(H,48,51);2-9,12H,10-11,13-14H2,1H3;13-17,19,22-23H,1,4-9H2,2-3H3,(H,18,20);6,9H,1,4H2,2-3H3,(H,8,10). The van der Waals surface area contributed by atoms with E-state index in [1.165, 1.54) is 54.1 Å². The monoisotopic (exact) mass is 1930 g/mol. The Morgan fingerprint density at radius 3 is 1.42 bits per heavy atom. The molecule has 0 spiro atoms. The van der Waals surface area contributed by atoms with Gasteiger partial charge < -0.3 is 105 Å². The van der Waals surface area contributed by atoms with Crippen LogP contribution in [0.15, 0.2) is 144 Å². The average molecular weight is 1940 g/mol. The minimum Gasteiger partial charge on any atom is -0.465 e. The smallest absolute Gasteiger partial charge is 0.305 e. The molecule has 41 heteroatoms. The molecule has 2 aromatic carbocycles. The van der Waals surface area contributed by atoms with Crippen LogP contribution < -0.4 is 26.6 Å². The van der Waals surface area contributed by atoms with Crippen molar-refractivity contribution in [2.24, 2.45) is 10.8 Å². The molecule has 13 N–H and O–H groups in total. The molecule has 16 atom stereocenters. The quantitative estimate of drug-likeness (QED) is 0.00673. The van der Waals surface area contributed by atoms with Crippen molar-refractivity contribution < 1.29 is 117 Å². The minimum atomic E-state index is -1.47. The van der Waals surface area contributed by atoms with Gasteiger partial charge in [-0.3, -0.25) is 38.4 Å². The van der Waals surface area contributed by atoms with Crippen LogP contribution in [0.3, 0.4) is 0 Å². The van der Waals surface area contributed by atoms with E-state index in [0.29, 0.717) is 69.1 Å². The summed E-state index contributed by atoms with van der Waals surface area (Å²) in [7, 11) is 6.09. The number of Topliss-reactive ketones (excluding diaryl/α,β-unsaturated/α-hetero) is 1. The number of aromatic nitrogens is 2. The van der Waals surface area contributed by atoms with E-state index in [4.69, 9.17) is 67.4 Å². The maximum atomic E-state index is 14.4. The normalized spacial score (nSPS) is 20.4. The van der Waals surface area contributed by atoms with Gasteiger partial charge in [0.1, 0.15) is 76.7 Å². The van der Waals surface area contributed by atoms with E-state index in [9.17, 15) is 84.6 Å². The van der Waals surface area contributed by atoms with Gasteiger partial charge in [-0.25, -0.2) is 9.97 Å². The second-order valence-electron chi connectivity index (χ2n) is 30.6. The third-order valence-corrected chi connectivity index (χ3v) is 26.3. The number of hydrogen-bond donors (Lipinski definition) is 13. The molecule has 2 aliphatic rings. The number of carbonyl (C=O) groups excluding carboxylic acids is 8. The molecule has 128 heavy (non-hydrogen) atoms. The zero-order valence-corrected chi connectivity index (χ0v) is 80.2. The Balaban J connectivity index is 0.000000537. The van der Waals surface area contributed by atoms with E-state index in [-0.39, 0.29) is 109 Å². The molecule has 33 nitrogen and oxygen atoms in total. The van der Waals surface area contributed by atoms with Gasteiger partial charge in [0.15, 0.2) is 18.4 Å². The number of aliphatic hydroxyl groups excluding tert-OH is 8. The van der Waals surface area contributed by atoms with Gasteiger partial charge in [0, 0.05) is 94.2 Å². The molecule has 708 valence electrons. The van der Waals surface area contributed by atoms with Crippen molar-refractivity contribution in [2.75, 3.05) is 97.2 Å². The maximum Gasteiger partial charge on any atom is 0.305 e. The summed E-state index contributed by atoms with van der Waals surface area (Å²) in [6.45, 7) is 23.0. The van der Waals surface area contributed by atoms with Gasteiger partial charge in [0.25, 0.3) is 0 Å². The number of aliphatic hydroxyl groups is 8. The molecule has 2 fully saturated rings. The molecule has 0 saturated carbocycles. The lowest BCUT2D eigenvalue weighted by Gasteiger charge is -2.42. The van der Waals surface area contributed by atoms with E-state index < -0.39 is 137 Å². The Morgan fingerprint density at radius 2 is 1.00 bits per heavy atom. The molecular formula is C87H123N9O24S8. The zero-order valence-electron chi connectivity index (χ0n) is 73.7. The summed E-state index contributed by atoms with van der Waals surface area (Å²) in [6.07, 6.45) is -6.65. The van der Waals surface area contributed by atoms with Gasteiger partial charge in [-0.05, 0) is 143 Å². The number of rotatable bonds is 51. The molecule has 6 rings (SSSR count). The summed E-state index contributed by atoms with van der Waals surface area (Å²) in [5, 5.41) is 113. The largest absolute Gasteiger partial charge is 0.465 e. The molecule has 0 aliphatic carbocycles. The van der Waals surface area contributed by atoms with Crippen molar-refractivity contribution in [1.29, 1.82) is 10.5 Å². The number of thiocarbonyl (C=S) groups is 2. The number of ether oxygens (including phenoxy) is 8. The van der Waals surface area contributed by atoms with E-state index in [1.807, 2.05) is 97.1 Å². The van der Waals surface area contributed by atoms with Gasteiger partial charge in [-0.1, -0.05) is 162 Å². The lowest BCUT2D eigenvalue weighted by atomic mass is 9.67. The molecule has 2 aromatic heterocycles. The van der Waals surface area contributed by atoms with Crippen molar-refractivity contribution in [2.45, 2.75) is 214 Å². The van der Waals surface area contributed by atoms with Crippen LogP contribution >= 0.6 is 91.1 Å². The lowest BCUT2D eigenvalue weighted by Crippen LogP contribution is -2.64. The van der Waals surface area contributed by atoms with E-state index >= 15 is 0 Å². The minimum absolute atomic E-state index is 0.00111. The number of hydrogen-bond acceptors (Lipinski definition) is 36. The second-order valence-corrected chi connectivity index (χ2v) is 39.8. The van der Waals surface area contributed by atoms with E-state index in [2.05, 4.69) is 61.8 Å². The third kappa shape index (κ3) is 45.3. The van der Waals surface area contributed by atoms with Crippen molar-refractivity contribution in [3.05, 3.63) is 145 Å². The topological polar surface area (TPSA) is 506 Å². The van der Waals surface area contributed by atoms with Gasteiger partial charge in [-0.15, -0.1) is 0 Å². The van der Waals surface area contributed by atoms with Gasteiger partial charge in [-0.2, -0.15) is 10.5 Å². The molecule has 2 saturated heterocycles. The van der Waals surface area contributed by atoms with E-state index in [0.717, 1.165) is 27.4 Å². The number of carbonyl (C=O) groups is 8. The fourth-order valence-electron chi connectivity index (χ4n) is 11.9. The Morgan fingerprint density at radius 1 is 0.547 bits per heavy atom.